The van der Waals surface area contributed by atoms with Gasteiger partial charge in [-0.05, 0) is 109 Å². The van der Waals surface area contributed by atoms with Crippen LogP contribution < -0.4 is 26.2 Å². The number of amides is 6. The Labute approximate surface area is 383 Å². The molecule has 3 heterocycles. The number of hydrogen-bond donors (Lipinski definition) is 4. The van der Waals surface area contributed by atoms with E-state index in [0.717, 1.165) is 29.7 Å². The van der Waals surface area contributed by atoms with Crippen molar-refractivity contribution in [2.45, 2.75) is 129 Å². The maximum absolute atomic E-state index is 13.7. The summed E-state index contributed by atoms with van der Waals surface area (Å²) in [6.07, 6.45) is 2.77. The highest BCUT2D eigenvalue weighted by atomic mass is 16.5. The second kappa shape index (κ2) is 20.8. The van der Waals surface area contributed by atoms with Crippen LogP contribution >= 0.6 is 0 Å². The first kappa shape index (κ1) is 48.3. The van der Waals surface area contributed by atoms with Crippen molar-refractivity contribution in [3.05, 3.63) is 89.5 Å². The van der Waals surface area contributed by atoms with Crippen molar-refractivity contribution in [3.63, 3.8) is 0 Å². The fourth-order valence-corrected chi connectivity index (χ4v) is 9.35. The third-order valence-corrected chi connectivity index (χ3v) is 13.0. The topological polar surface area (TPSA) is 179 Å². The van der Waals surface area contributed by atoms with Gasteiger partial charge in [0.05, 0.1) is 26.3 Å². The molecule has 3 aromatic rings. The summed E-state index contributed by atoms with van der Waals surface area (Å²) in [4.78, 5) is 84.1. The average Bonchev–Trinajstić information content (AvgIpc) is 4.08. The normalized spacial score (nSPS) is 20.6. The van der Waals surface area contributed by atoms with E-state index in [2.05, 4.69) is 95.5 Å². The van der Waals surface area contributed by atoms with Crippen LogP contribution in [0.5, 0.6) is 0 Å². The molecule has 3 aliphatic heterocycles. The number of hydrogen-bond acceptors (Lipinski definition) is 9. The van der Waals surface area contributed by atoms with Gasteiger partial charge in [-0.25, -0.2) is 9.59 Å². The van der Waals surface area contributed by atoms with Gasteiger partial charge in [-0.1, -0.05) is 84.9 Å². The van der Waals surface area contributed by atoms with Crippen LogP contribution in [-0.2, 0) is 34.1 Å². The lowest BCUT2D eigenvalue weighted by Crippen LogP contribution is -2.54. The molecule has 15 nitrogen and oxygen atoms in total. The average molecular weight is 894 g/mol. The maximum Gasteiger partial charge on any atom is 0.407 e. The first-order chi connectivity index (χ1) is 30.9. The molecule has 0 unspecified atom stereocenters. The van der Waals surface area contributed by atoms with Gasteiger partial charge in [-0.15, -0.1) is 0 Å². The molecule has 0 bridgehead atoms. The van der Waals surface area contributed by atoms with E-state index < -0.39 is 36.4 Å². The number of methoxy groups -OCH3 is 2. The Hall–Kier alpha value is -6.12. The molecule has 0 spiro atoms. The molecule has 0 radical (unpaired) electrons. The van der Waals surface area contributed by atoms with E-state index in [4.69, 9.17) is 9.47 Å². The predicted molar refractivity (Wildman–Crippen MR) is 250 cm³/mol. The van der Waals surface area contributed by atoms with Gasteiger partial charge in [-0.3, -0.25) is 19.2 Å². The Morgan fingerprint density at radius 3 is 1.29 bits per heavy atom. The van der Waals surface area contributed by atoms with E-state index in [1.54, 1.807) is 9.80 Å². The van der Waals surface area contributed by atoms with Gasteiger partial charge >= 0.3 is 12.2 Å². The summed E-state index contributed by atoms with van der Waals surface area (Å²) in [6, 6.07) is 21.7. The minimum absolute atomic E-state index is 0.0132. The minimum Gasteiger partial charge on any atom is -0.453 e. The number of alkyl carbamates (subject to hydrolysis) is 2. The Morgan fingerprint density at radius 1 is 0.569 bits per heavy atom. The molecule has 15 heteroatoms. The van der Waals surface area contributed by atoms with Crippen LogP contribution in [0.15, 0.2) is 72.8 Å². The standard InChI is InChI=1S/C50H67N7O8/c1-30(2)42(53-48(62)64-8)46(60)55-28-10-12-40(55)44(58)51-35-20-14-32(15-21-35)38-26-27-39(57(38)37-24-18-34(19-25-37)50(5,6)7)33-16-22-36(23-17-33)52-45(59)41-13-11-29-56(41)47(61)43(31(3)4)54-49(63)65-9/h14-25,30-31,38-43H,10-13,26-29H2,1-9H3,(H,51,58)(H,52,59)(H,53,62)(H,54,63)/t38-,39-,40-,41-,42-,43-/m0/s1. The number of carbonyl (C=O) groups is 6. The lowest BCUT2D eigenvalue weighted by atomic mass is 9.87. The number of anilines is 3. The van der Waals surface area contributed by atoms with Crippen molar-refractivity contribution >= 4 is 52.9 Å². The third-order valence-electron chi connectivity index (χ3n) is 13.0. The SMILES string of the molecule is COC(=O)N[C@H](C(=O)N1CCC[C@H]1C(=O)Nc1ccc([C@@H]2CC[C@@H](c3ccc(NC(=O)[C@@H]4CCCN4C(=O)[C@@H](NC(=O)OC)C(C)C)cc3)N2c2ccc(C(C)(C)C)cc2)cc1)C(C)C. The Balaban J connectivity index is 1.17. The van der Waals surface area contributed by atoms with Crippen LogP contribution in [0, 0.1) is 11.8 Å². The Kier molecular flexibility index (Phi) is 15.5. The molecular formula is C50H67N7O8. The number of nitrogens with one attached hydrogen (secondary N) is 4. The van der Waals surface area contributed by atoms with Crippen LogP contribution in [-0.4, -0.2) is 97.1 Å². The molecule has 0 saturated carbocycles. The highest BCUT2D eigenvalue weighted by molar-refractivity contribution is 5.99. The summed E-state index contributed by atoms with van der Waals surface area (Å²) >= 11 is 0. The van der Waals surface area contributed by atoms with Crippen LogP contribution in [0.1, 0.15) is 116 Å². The zero-order valence-electron chi connectivity index (χ0n) is 39.3. The molecule has 3 aliphatic rings. The van der Waals surface area contributed by atoms with Gasteiger partial charge in [0.25, 0.3) is 0 Å². The van der Waals surface area contributed by atoms with E-state index in [0.29, 0.717) is 50.1 Å². The monoisotopic (exact) mass is 894 g/mol. The molecule has 0 aliphatic carbocycles. The predicted octanol–water partition coefficient (Wildman–Crippen LogP) is 7.69. The quantitative estimate of drug-likeness (QED) is 0.134. The highest BCUT2D eigenvalue weighted by Gasteiger charge is 2.41. The second-order valence-corrected chi connectivity index (χ2v) is 19.1. The number of ether oxygens (including phenoxy) is 2. The number of likely N-dealkylation sites (tertiary alicyclic amines) is 2. The van der Waals surface area contributed by atoms with Gasteiger partial charge in [0.2, 0.25) is 23.6 Å². The zero-order valence-corrected chi connectivity index (χ0v) is 39.3. The number of benzene rings is 3. The summed E-state index contributed by atoms with van der Waals surface area (Å²) in [7, 11) is 2.50. The van der Waals surface area contributed by atoms with Crippen LogP contribution in [0.4, 0.5) is 26.7 Å². The molecule has 3 saturated heterocycles. The van der Waals surface area contributed by atoms with Crippen LogP contribution in [0.2, 0.25) is 0 Å². The highest BCUT2D eigenvalue weighted by Crippen LogP contribution is 2.47. The van der Waals surface area contributed by atoms with Gasteiger partial charge in [0.1, 0.15) is 24.2 Å². The van der Waals surface area contributed by atoms with Crippen LogP contribution in [0.25, 0.3) is 0 Å². The molecule has 3 fully saturated rings. The molecule has 0 aromatic heterocycles. The Bertz CT molecular complexity index is 2050. The fourth-order valence-electron chi connectivity index (χ4n) is 9.35. The first-order valence-corrected chi connectivity index (χ1v) is 22.9. The van der Waals surface area contributed by atoms with Crippen molar-refractivity contribution in [3.8, 4) is 0 Å². The van der Waals surface area contributed by atoms with Gasteiger partial charge in [0.15, 0.2) is 0 Å². The number of carbonyl (C=O) groups excluding carboxylic acids is 6. The van der Waals surface area contributed by atoms with Gasteiger partial charge < -0.3 is 45.4 Å². The maximum atomic E-state index is 13.7. The molecular weight excluding hydrogens is 827 g/mol. The fraction of sp³-hybridized carbons (Fsp3) is 0.520. The van der Waals surface area contributed by atoms with Crippen LogP contribution in [0.3, 0.4) is 0 Å². The van der Waals surface area contributed by atoms with Gasteiger partial charge in [-0.2, -0.15) is 0 Å². The molecule has 6 atom stereocenters. The largest absolute Gasteiger partial charge is 0.453 e. The summed E-state index contributed by atoms with van der Waals surface area (Å²) < 4.78 is 9.49. The smallest absolute Gasteiger partial charge is 0.407 e. The molecule has 4 N–H and O–H groups in total. The molecule has 3 aromatic carbocycles. The molecule has 6 rings (SSSR count). The summed E-state index contributed by atoms with van der Waals surface area (Å²) in [5.41, 5.74) is 5.75. The zero-order chi connectivity index (χ0) is 47.2. The van der Waals surface area contributed by atoms with E-state index >= 15 is 0 Å². The van der Waals surface area contributed by atoms with Crippen molar-refractivity contribution in [1.29, 1.82) is 0 Å². The van der Waals surface area contributed by atoms with Crippen molar-refractivity contribution in [2.75, 3.05) is 42.8 Å². The van der Waals surface area contributed by atoms with E-state index in [1.807, 2.05) is 52.0 Å². The van der Waals surface area contributed by atoms with Crippen molar-refractivity contribution in [1.82, 2.24) is 20.4 Å². The molecule has 6 amide bonds. The van der Waals surface area contributed by atoms with E-state index in [-0.39, 0.29) is 53.0 Å². The minimum atomic E-state index is -0.814. The first-order valence-electron chi connectivity index (χ1n) is 22.9. The second-order valence-electron chi connectivity index (χ2n) is 19.1. The van der Waals surface area contributed by atoms with Crippen molar-refractivity contribution in [2.24, 2.45) is 11.8 Å². The third kappa shape index (κ3) is 11.2. The summed E-state index contributed by atoms with van der Waals surface area (Å²) in [6.45, 7) is 14.8. The lowest BCUT2D eigenvalue weighted by molar-refractivity contribution is -0.139. The summed E-state index contributed by atoms with van der Waals surface area (Å²) in [5, 5.41) is 11.3. The van der Waals surface area contributed by atoms with E-state index in [9.17, 15) is 28.8 Å². The number of rotatable bonds is 13. The molecule has 350 valence electrons. The van der Waals surface area contributed by atoms with Crippen molar-refractivity contribution < 1.29 is 38.2 Å². The van der Waals surface area contributed by atoms with Gasteiger partial charge in [0, 0.05) is 30.2 Å². The molecule has 65 heavy (non-hydrogen) atoms. The lowest BCUT2D eigenvalue weighted by Gasteiger charge is -2.34. The number of nitrogens with zero attached hydrogens (tertiary/aromatic N) is 3. The Morgan fingerprint density at radius 2 is 0.954 bits per heavy atom. The summed E-state index contributed by atoms with van der Waals surface area (Å²) in [5.74, 6) is -1.55. The van der Waals surface area contributed by atoms with E-state index in [1.165, 1.54) is 19.8 Å².